The summed E-state index contributed by atoms with van der Waals surface area (Å²) in [4.78, 5) is 7.01. The first-order chi connectivity index (χ1) is 12.1. The van der Waals surface area contributed by atoms with Crippen LogP contribution in [0.4, 0.5) is 5.13 Å². The fourth-order valence-electron chi connectivity index (χ4n) is 3.15. The van der Waals surface area contributed by atoms with Gasteiger partial charge in [0.2, 0.25) is 5.13 Å². The highest BCUT2D eigenvalue weighted by Gasteiger charge is 2.17. The number of hydrogen-bond acceptors (Lipinski definition) is 6. The summed E-state index contributed by atoms with van der Waals surface area (Å²) in [5.41, 5.74) is 2.65. The SMILES string of the molecule is CC(C)Cc1nsc(NCc2ccccc2CN2CCC(O)CC2)n1. The van der Waals surface area contributed by atoms with Gasteiger partial charge in [-0.3, -0.25) is 4.90 Å². The van der Waals surface area contributed by atoms with Gasteiger partial charge in [-0.05, 0) is 29.9 Å². The van der Waals surface area contributed by atoms with Crippen LogP contribution in [0, 0.1) is 5.92 Å². The summed E-state index contributed by atoms with van der Waals surface area (Å²) in [6, 6.07) is 8.57. The second kappa shape index (κ2) is 8.74. The van der Waals surface area contributed by atoms with Crippen LogP contribution >= 0.6 is 11.5 Å². The summed E-state index contributed by atoms with van der Waals surface area (Å²) in [6.45, 7) is 8.02. The van der Waals surface area contributed by atoms with Crippen molar-refractivity contribution in [2.45, 2.75) is 52.3 Å². The lowest BCUT2D eigenvalue weighted by atomic mass is 10.0. The molecule has 6 heteroatoms. The predicted molar refractivity (Wildman–Crippen MR) is 103 cm³/mol. The van der Waals surface area contributed by atoms with Gasteiger partial charge in [0.15, 0.2) is 0 Å². The van der Waals surface area contributed by atoms with Gasteiger partial charge in [-0.15, -0.1) is 0 Å². The third kappa shape index (κ3) is 5.49. The average Bonchev–Trinajstić information content (AvgIpc) is 3.03. The number of anilines is 1. The zero-order valence-corrected chi connectivity index (χ0v) is 15.9. The van der Waals surface area contributed by atoms with Crippen LogP contribution in [0.5, 0.6) is 0 Å². The van der Waals surface area contributed by atoms with Crippen LogP contribution in [-0.2, 0) is 19.5 Å². The Labute approximate surface area is 154 Å². The number of likely N-dealkylation sites (tertiary alicyclic amines) is 1. The minimum Gasteiger partial charge on any atom is -0.393 e. The highest BCUT2D eigenvalue weighted by molar-refractivity contribution is 7.09. The molecule has 1 aromatic heterocycles. The maximum atomic E-state index is 9.67. The van der Waals surface area contributed by atoms with Gasteiger partial charge in [-0.2, -0.15) is 4.37 Å². The lowest BCUT2D eigenvalue weighted by Crippen LogP contribution is -2.35. The number of aliphatic hydroxyl groups is 1. The van der Waals surface area contributed by atoms with E-state index in [4.69, 9.17) is 0 Å². The molecule has 0 spiro atoms. The minimum atomic E-state index is -0.120. The van der Waals surface area contributed by atoms with E-state index in [1.807, 2.05) is 0 Å². The molecule has 0 bridgehead atoms. The van der Waals surface area contributed by atoms with Gasteiger partial charge in [0.05, 0.1) is 6.10 Å². The van der Waals surface area contributed by atoms with Crippen LogP contribution in [-0.4, -0.2) is 38.6 Å². The first-order valence-corrected chi connectivity index (χ1v) is 9.91. The number of benzene rings is 1. The second-order valence-electron chi connectivity index (χ2n) is 7.24. The van der Waals surface area contributed by atoms with Gasteiger partial charge in [-0.1, -0.05) is 38.1 Å². The van der Waals surface area contributed by atoms with Gasteiger partial charge in [-0.25, -0.2) is 4.98 Å². The number of piperidine rings is 1. The van der Waals surface area contributed by atoms with Crippen molar-refractivity contribution in [3.05, 3.63) is 41.2 Å². The van der Waals surface area contributed by atoms with Crippen LogP contribution in [0.3, 0.4) is 0 Å². The number of nitrogens with one attached hydrogen (secondary N) is 1. The molecule has 0 radical (unpaired) electrons. The average molecular weight is 361 g/mol. The normalized spacial score (nSPS) is 16.5. The molecule has 0 atom stereocenters. The highest BCUT2D eigenvalue weighted by Crippen LogP contribution is 2.19. The molecule has 1 fully saturated rings. The van der Waals surface area contributed by atoms with Crippen molar-refractivity contribution in [1.29, 1.82) is 0 Å². The fourth-order valence-corrected chi connectivity index (χ4v) is 3.74. The highest BCUT2D eigenvalue weighted by atomic mass is 32.1. The quantitative estimate of drug-likeness (QED) is 0.793. The third-order valence-corrected chi connectivity index (χ3v) is 5.27. The molecule has 0 aliphatic carbocycles. The Hall–Kier alpha value is -1.50. The smallest absolute Gasteiger partial charge is 0.202 e. The molecule has 1 aromatic carbocycles. The molecular formula is C19H28N4OS. The summed E-state index contributed by atoms with van der Waals surface area (Å²) in [7, 11) is 0. The molecular weight excluding hydrogens is 332 g/mol. The van der Waals surface area contributed by atoms with Gasteiger partial charge >= 0.3 is 0 Å². The monoisotopic (exact) mass is 360 g/mol. The van der Waals surface area contributed by atoms with E-state index in [1.54, 1.807) is 0 Å². The van der Waals surface area contributed by atoms with Gasteiger partial charge < -0.3 is 10.4 Å². The summed E-state index contributed by atoms with van der Waals surface area (Å²) < 4.78 is 4.43. The largest absolute Gasteiger partial charge is 0.393 e. The summed E-state index contributed by atoms with van der Waals surface area (Å²) in [5, 5.41) is 14.0. The van der Waals surface area contributed by atoms with Gasteiger partial charge in [0.1, 0.15) is 5.82 Å². The zero-order chi connectivity index (χ0) is 17.6. The second-order valence-corrected chi connectivity index (χ2v) is 8.00. The molecule has 25 heavy (non-hydrogen) atoms. The van der Waals surface area contributed by atoms with E-state index >= 15 is 0 Å². The number of hydrogen-bond donors (Lipinski definition) is 2. The maximum Gasteiger partial charge on any atom is 0.202 e. The Bertz CT molecular complexity index is 665. The van der Waals surface area contributed by atoms with E-state index in [0.29, 0.717) is 5.92 Å². The van der Waals surface area contributed by atoms with Gasteiger partial charge in [0, 0.05) is 44.1 Å². The van der Waals surface area contributed by atoms with Crippen molar-refractivity contribution in [2.24, 2.45) is 5.92 Å². The van der Waals surface area contributed by atoms with Crippen LogP contribution in [0.1, 0.15) is 43.6 Å². The lowest BCUT2D eigenvalue weighted by Gasteiger charge is -2.30. The molecule has 2 N–H and O–H groups in total. The molecule has 5 nitrogen and oxygen atoms in total. The number of rotatable bonds is 7. The Morgan fingerprint density at radius 1 is 1.24 bits per heavy atom. The van der Waals surface area contributed by atoms with Crippen LogP contribution in [0.2, 0.25) is 0 Å². The van der Waals surface area contributed by atoms with Crippen molar-refractivity contribution in [3.63, 3.8) is 0 Å². The van der Waals surface area contributed by atoms with E-state index in [9.17, 15) is 5.11 Å². The minimum absolute atomic E-state index is 0.120. The van der Waals surface area contributed by atoms with E-state index in [0.717, 1.165) is 56.4 Å². The van der Waals surface area contributed by atoms with Crippen LogP contribution in [0.15, 0.2) is 24.3 Å². The van der Waals surface area contributed by atoms with Crippen LogP contribution < -0.4 is 5.32 Å². The standard InChI is InChI=1S/C19H28N4OS/c1-14(2)11-18-21-19(25-22-18)20-12-15-5-3-4-6-16(15)13-23-9-7-17(24)8-10-23/h3-6,14,17,24H,7-13H2,1-2H3,(H,20,21,22). The first-order valence-electron chi connectivity index (χ1n) is 9.14. The number of aliphatic hydroxyl groups excluding tert-OH is 1. The zero-order valence-electron chi connectivity index (χ0n) is 15.1. The summed E-state index contributed by atoms with van der Waals surface area (Å²) in [6.07, 6.45) is 2.56. The van der Waals surface area contributed by atoms with Crippen molar-refractivity contribution in [2.75, 3.05) is 18.4 Å². The lowest BCUT2D eigenvalue weighted by molar-refractivity contribution is 0.0791. The van der Waals surface area contributed by atoms with E-state index in [2.05, 4.69) is 57.7 Å². The van der Waals surface area contributed by atoms with Crippen LogP contribution in [0.25, 0.3) is 0 Å². The number of nitrogens with zero attached hydrogens (tertiary/aromatic N) is 3. The molecule has 0 amide bonds. The molecule has 0 saturated carbocycles. The topological polar surface area (TPSA) is 61.3 Å². The van der Waals surface area contributed by atoms with E-state index in [1.165, 1.54) is 22.7 Å². The molecule has 1 aliphatic heterocycles. The maximum absolute atomic E-state index is 9.67. The van der Waals surface area contributed by atoms with Crippen molar-refractivity contribution >= 4 is 16.7 Å². The number of aromatic nitrogens is 2. The third-order valence-electron chi connectivity index (χ3n) is 4.56. The van der Waals surface area contributed by atoms with E-state index in [-0.39, 0.29) is 6.10 Å². The molecule has 2 aromatic rings. The van der Waals surface area contributed by atoms with Gasteiger partial charge in [0.25, 0.3) is 0 Å². The predicted octanol–water partition coefficient (Wildman–Crippen LogP) is 3.31. The Morgan fingerprint density at radius 3 is 2.68 bits per heavy atom. The van der Waals surface area contributed by atoms with Crippen molar-refractivity contribution in [1.82, 2.24) is 14.3 Å². The molecule has 3 rings (SSSR count). The molecule has 1 saturated heterocycles. The van der Waals surface area contributed by atoms with Crippen molar-refractivity contribution in [3.8, 4) is 0 Å². The Balaban J connectivity index is 1.58. The fraction of sp³-hybridized carbons (Fsp3) is 0.579. The van der Waals surface area contributed by atoms with E-state index < -0.39 is 0 Å². The molecule has 1 aliphatic rings. The summed E-state index contributed by atoms with van der Waals surface area (Å²) >= 11 is 1.44. The Kier molecular flexibility index (Phi) is 6.39. The summed E-state index contributed by atoms with van der Waals surface area (Å²) in [5.74, 6) is 1.51. The van der Waals surface area contributed by atoms with Crippen molar-refractivity contribution < 1.29 is 5.11 Å². The first kappa shape index (κ1) is 18.3. The Morgan fingerprint density at radius 2 is 1.96 bits per heavy atom. The molecule has 0 unspecified atom stereocenters. The molecule has 2 heterocycles. The molecule has 136 valence electrons.